The van der Waals surface area contributed by atoms with E-state index in [1.165, 1.54) is 24.8 Å². The lowest BCUT2D eigenvalue weighted by Gasteiger charge is -2.32. The fourth-order valence-corrected chi connectivity index (χ4v) is 2.65. The lowest BCUT2D eigenvalue weighted by Crippen LogP contribution is -2.34. The highest BCUT2D eigenvalue weighted by molar-refractivity contribution is 5.37. The van der Waals surface area contributed by atoms with E-state index >= 15 is 0 Å². The highest BCUT2D eigenvalue weighted by Crippen LogP contribution is 2.36. The molecule has 1 aliphatic carbocycles. The molecule has 1 aliphatic heterocycles. The summed E-state index contributed by atoms with van der Waals surface area (Å²) in [6.45, 7) is 4.25. The minimum Gasteiger partial charge on any atom is -0.493 e. The number of rotatable bonds is 4. The Bertz CT molecular complexity index is 386. The fourth-order valence-electron chi connectivity index (χ4n) is 2.65. The molecule has 1 aromatic rings. The van der Waals surface area contributed by atoms with Crippen LogP contribution in [0.5, 0.6) is 5.75 Å². The van der Waals surface area contributed by atoms with Crippen molar-refractivity contribution >= 4 is 0 Å². The zero-order valence-electron chi connectivity index (χ0n) is 10.5. The third-order valence-electron chi connectivity index (χ3n) is 3.94. The van der Waals surface area contributed by atoms with Gasteiger partial charge >= 0.3 is 0 Å². The minimum atomic E-state index is 0.471. The van der Waals surface area contributed by atoms with Crippen molar-refractivity contribution in [1.29, 1.82) is 0 Å². The van der Waals surface area contributed by atoms with Crippen LogP contribution in [0.4, 0.5) is 0 Å². The highest BCUT2D eigenvalue weighted by Gasteiger charge is 2.28. The van der Waals surface area contributed by atoms with Gasteiger partial charge < -0.3 is 10.1 Å². The molecule has 0 radical (unpaired) electrons. The quantitative estimate of drug-likeness (QED) is 0.859. The Morgan fingerprint density at radius 3 is 2.94 bits per heavy atom. The molecule has 0 aromatic heterocycles. The van der Waals surface area contributed by atoms with E-state index in [1.54, 1.807) is 0 Å². The summed E-state index contributed by atoms with van der Waals surface area (Å²) in [4.78, 5) is 0. The number of para-hydroxylation sites is 1. The molecule has 1 heterocycles. The molecule has 0 amide bonds. The van der Waals surface area contributed by atoms with Gasteiger partial charge in [-0.05, 0) is 24.9 Å². The second-order valence-corrected chi connectivity index (χ2v) is 5.49. The van der Waals surface area contributed by atoms with Gasteiger partial charge in [-0.3, -0.25) is 0 Å². The molecule has 17 heavy (non-hydrogen) atoms. The summed E-state index contributed by atoms with van der Waals surface area (Å²) in [6, 6.07) is 8.90. The Hall–Kier alpha value is -1.02. The zero-order chi connectivity index (χ0) is 11.7. The van der Waals surface area contributed by atoms with Gasteiger partial charge in [0, 0.05) is 17.5 Å². The average molecular weight is 231 g/mol. The first-order chi connectivity index (χ1) is 8.34. The number of hydrogen-bond donors (Lipinski definition) is 1. The first-order valence-electron chi connectivity index (χ1n) is 6.79. The molecule has 2 aliphatic rings. The van der Waals surface area contributed by atoms with E-state index in [2.05, 4.69) is 36.5 Å². The van der Waals surface area contributed by atoms with E-state index in [9.17, 15) is 0 Å². The van der Waals surface area contributed by atoms with Gasteiger partial charge in [0.1, 0.15) is 5.75 Å². The lowest BCUT2D eigenvalue weighted by molar-refractivity contribution is 0.188. The summed E-state index contributed by atoms with van der Waals surface area (Å²) in [6.07, 6.45) is 4.23. The van der Waals surface area contributed by atoms with Crippen LogP contribution in [-0.2, 0) is 0 Å². The third-order valence-corrected chi connectivity index (χ3v) is 3.94. The number of fused-ring (bicyclic) bond motifs is 1. The normalized spacial score (nSPS) is 27.4. The molecular formula is C15H21NO. The second-order valence-electron chi connectivity index (χ2n) is 5.49. The van der Waals surface area contributed by atoms with Gasteiger partial charge in [0.25, 0.3) is 0 Å². The van der Waals surface area contributed by atoms with E-state index in [4.69, 9.17) is 4.74 Å². The van der Waals surface area contributed by atoms with Crippen molar-refractivity contribution in [3.8, 4) is 5.75 Å². The van der Waals surface area contributed by atoms with E-state index < -0.39 is 0 Å². The first kappa shape index (κ1) is 11.1. The van der Waals surface area contributed by atoms with Gasteiger partial charge in [0.2, 0.25) is 0 Å². The Morgan fingerprint density at radius 2 is 2.12 bits per heavy atom. The van der Waals surface area contributed by atoms with Crippen LogP contribution in [0.2, 0.25) is 0 Å². The number of hydrogen-bond acceptors (Lipinski definition) is 2. The van der Waals surface area contributed by atoms with Crippen molar-refractivity contribution in [1.82, 2.24) is 5.32 Å². The molecule has 1 aromatic carbocycles. The zero-order valence-corrected chi connectivity index (χ0v) is 10.5. The number of nitrogens with one attached hydrogen (secondary N) is 1. The molecule has 92 valence electrons. The fraction of sp³-hybridized carbons (Fsp3) is 0.600. The summed E-state index contributed by atoms with van der Waals surface area (Å²) in [5.41, 5.74) is 1.34. The summed E-state index contributed by atoms with van der Waals surface area (Å²) < 4.78 is 5.77. The summed E-state index contributed by atoms with van der Waals surface area (Å²) in [5, 5.41) is 3.72. The highest BCUT2D eigenvalue weighted by atomic mass is 16.5. The van der Waals surface area contributed by atoms with Crippen molar-refractivity contribution in [3.63, 3.8) is 0 Å². The second kappa shape index (κ2) is 4.69. The first-order valence-corrected chi connectivity index (χ1v) is 6.79. The van der Waals surface area contributed by atoms with Gasteiger partial charge in [0.05, 0.1) is 6.61 Å². The monoisotopic (exact) mass is 231 g/mol. The number of benzene rings is 1. The molecule has 2 heteroatoms. The van der Waals surface area contributed by atoms with Gasteiger partial charge in [0.15, 0.2) is 0 Å². The van der Waals surface area contributed by atoms with Crippen LogP contribution in [0.1, 0.15) is 37.8 Å². The van der Waals surface area contributed by atoms with Gasteiger partial charge in [-0.2, -0.15) is 0 Å². The van der Waals surface area contributed by atoms with Crippen LogP contribution in [0.3, 0.4) is 0 Å². The molecule has 0 saturated heterocycles. The van der Waals surface area contributed by atoms with Crippen molar-refractivity contribution in [2.45, 2.75) is 32.2 Å². The molecule has 3 rings (SSSR count). The van der Waals surface area contributed by atoms with Crippen LogP contribution < -0.4 is 10.1 Å². The Morgan fingerprint density at radius 1 is 1.29 bits per heavy atom. The van der Waals surface area contributed by atoms with Crippen molar-refractivity contribution < 1.29 is 4.74 Å². The Labute approximate surface area is 103 Å². The Kier molecular flexibility index (Phi) is 3.06. The van der Waals surface area contributed by atoms with E-state index in [0.717, 1.165) is 24.8 Å². The van der Waals surface area contributed by atoms with Crippen molar-refractivity contribution in [3.05, 3.63) is 29.8 Å². The predicted molar refractivity (Wildman–Crippen MR) is 69.2 cm³/mol. The van der Waals surface area contributed by atoms with Crippen molar-refractivity contribution in [2.24, 2.45) is 11.8 Å². The summed E-state index contributed by atoms with van der Waals surface area (Å²) in [5.74, 6) is 2.63. The maximum atomic E-state index is 5.77. The predicted octanol–water partition coefficient (Wildman–Crippen LogP) is 3.15. The SMILES string of the molecule is CC1COc2ccccc2C1NCCC1CC1. The third kappa shape index (κ3) is 2.47. The van der Waals surface area contributed by atoms with E-state index in [0.29, 0.717) is 12.0 Å². The van der Waals surface area contributed by atoms with Crippen molar-refractivity contribution in [2.75, 3.05) is 13.2 Å². The maximum absolute atomic E-state index is 5.77. The average Bonchev–Trinajstić information content (AvgIpc) is 3.16. The molecular weight excluding hydrogens is 210 g/mol. The van der Waals surface area contributed by atoms with Crippen LogP contribution in [0.15, 0.2) is 24.3 Å². The van der Waals surface area contributed by atoms with Gasteiger partial charge in [-0.25, -0.2) is 0 Å². The minimum absolute atomic E-state index is 0.471. The lowest BCUT2D eigenvalue weighted by atomic mass is 9.92. The molecule has 0 bridgehead atoms. The summed E-state index contributed by atoms with van der Waals surface area (Å²) >= 11 is 0. The van der Waals surface area contributed by atoms with E-state index in [1.807, 2.05) is 0 Å². The topological polar surface area (TPSA) is 21.3 Å². The number of ether oxygens (including phenoxy) is 1. The van der Waals surface area contributed by atoms with Crippen LogP contribution in [0, 0.1) is 11.8 Å². The summed E-state index contributed by atoms with van der Waals surface area (Å²) in [7, 11) is 0. The Balaban J connectivity index is 1.68. The smallest absolute Gasteiger partial charge is 0.124 e. The van der Waals surface area contributed by atoms with Gasteiger partial charge in [-0.1, -0.05) is 38.0 Å². The van der Waals surface area contributed by atoms with Gasteiger partial charge in [-0.15, -0.1) is 0 Å². The molecule has 0 spiro atoms. The largest absolute Gasteiger partial charge is 0.493 e. The maximum Gasteiger partial charge on any atom is 0.124 e. The van der Waals surface area contributed by atoms with E-state index in [-0.39, 0.29) is 0 Å². The van der Waals surface area contributed by atoms with Crippen LogP contribution in [-0.4, -0.2) is 13.2 Å². The standard InChI is InChI=1S/C15H21NO/c1-11-10-17-14-5-3-2-4-13(14)15(11)16-9-8-12-6-7-12/h2-5,11-12,15-16H,6-10H2,1H3. The molecule has 1 saturated carbocycles. The molecule has 1 fully saturated rings. The molecule has 2 unspecified atom stereocenters. The molecule has 2 nitrogen and oxygen atoms in total. The van der Waals surface area contributed by atoms with Crippen LogP contribution >= 0.6 is 0 Å². The van der Waals surface area contributed by atoms with Crippen LogP contribution in [0.25, 0.3) is 0 Å². The molecule has 1 N–H and O–H groups in total. The molecule has 2 atom stereocenters.